The lowest BCUT2D eigenvalue weighted by molar-refractivity contribution is -0.129. The van der Waals surface area contributed by atoms with Gasteiger partial charge in [-0.3, -0.25) is 4.79 Å². The quantitative estimate of drug-likeness (QED) is 0.776. The topological polar surface area (TPSA) is 85.3 Å². The summed E-state index contributed by atoms with van der Waals surface area (Å²) in [7, 11) is 0. The predicted octanol–water partition coefficient (Wildman–Crippen LogP) is 2.95. The maximum Gasteiger partial charge on any atom is 0.277 e. The largest absolute Gasteiger partial charge is 0.416 e. The average Bonchev–Trinajstić information content (AvgIpc) is 3.24. The van der Waals surface area contributed by atoms with Gasteiger partial charge < -0.3 is 13.8 Å². The molecule has 0 spiro atoms. The third kappa shape index (κ3) is 3.57. The Hall–Kier alpha value is -1.83. The van der Waals surface area contributed by atoms with Crippen molar-refractivity contribution >= 4 is 17.7 Å². The standard InChI is InChI=1S/C15H20N4O3S/c1-9(2)13-7-11(18-22-13)12-5-4-6-19(12)14(20)8-23-15-17-16-10(3)21-15/h7,9,12H,4-6,8H2,1-3H3/t12-/m1/s1. The van der Waals surface area contributed by atoms with Gasteiger partial charge in [0.15, 0.2) is 0 Å². The van der Waals surface area contributed by atoms with Crippen molar-refractivity contribution in [3.05, 3.63) is 23.4 Å². The van der Waals surface area contributed by atoms with E-state index in [1.54, 1.807) is 6.92 Å². The van der Waals surface area contributed by atoms with E-state index in [4.69, 9.17) is 8.94 Å². The summed E-state index contributed by atoms with van der Waals surface area (Å²) in [5.74, 6) is 1.99. The molecule has 1 amide bonds. The lowest BCUT2D eigenvalue weighted by atomic mass is 10.1. The normalized spacial score (nSPS) is 18.1. The predicted molar refractivity (Wildman–Crippen MR) is 84.0 cm³/mol. The molecule has 124 valence electrons. The third-order valence-corrected chi connectivity index (χ3v) is 4.66. The molecule has 1 atom stereocenters. The van der Waals surface area contributed by atoms with E-state index in [0.717, 1.165) is 30.8 Å². The maximum absolute atomic E-state index is 12.5. The lowest BCUT2D eigenvalue weighted by Gasteiger charge is -2.22. The molecule has 3 heterocycles. The Morgan fingerprint density at radius 1 is 1.48 bits per heavy atom. The van der Waals surface area contributed by atoms with Crippen molar-refractivity contribution in [3.8, 4) is 0 Å². The molecule has 0 N–H and O–H groups in total. The van der Waals surface area contributed by atoms with Crippen molar-refractivity contribution in [2.24, 2.45) is 0 Å². The highest BCUT2D eigenvalue weighted by Gasteiger charge is 2.32. The molecule has 1 saturated heterocycles. The summed E-state index contributed by atoms with van der Waals surface area (Å²) in [4.78, 5) is 14.4. The molecule has 0 aliphatic carbocycles. The van der Waals surface area contributed by atoms with Crippen LogP contribution in [-0.2, 0) is 4.79 Å². The molecule has 0 bridgehead atoms. The van der Waals surface area contributed by atoms with Gasteiger partial charge in [-0.05, 0) is 12.8 Å². The number of nitrogens with zero attached hydrogens (tertiary/aromatic N) is 4. The summed E-state index contributed by atoms with van der Waals surface area (Å²) in [6.07, 6.45) is 1.89. The number of amides is 1. The number of likely N-dealkylation sites (tertiary alicyclic amines) is 1. The first kappa shape index (κ1) is 16.0. The minimum Gasteiger partial charge on any atom is -0.416 e. The summed E-state index contributed by atoms with van der Waals surface area (Å²) < 4.78 is 10.7. The van der Waals surface area contributed by atoms with E-state index in [9.17, 15) is 4.79 Å². The van der Waals surface area contributed by atoms with Gasteiger partial charge in [-0.2, -0.15) is 0 Å². The number of thioether (sulfide) groups is 1. The molecule has 0 unspecified atom stereocenters. The van der Waals surface area contributed by atoms with Crippen LogP contribution in [0.15, 0.2) is 20.2 Å². The molecule has 1 aliphatic heterocycles. The third-order valence-electron chi connectivity index (χ3n) is 3.86. The number of rotatable bonds is 5. The van der Waals surface area contributed by atoms with Crippen molar-refractivity contribution in [1.82, 2.24) is 20.3 Å². The number of hydrogen-bond acceptors (Lipinski definition) is 7. The fraction of sp³-hybridized carbons (Fsp3) is 0.600. The molecule has 0 radical (unpaired) electrons. The Bertz CT molecular complexity index is 682. The van der Waals surface area contributed by atoms with Gasteiger partial charge in [-0.1, -0.05) is 30.8 Å². The number of aryl methyl sites for hydroxylation is 1. The second-order valence-corrected chi connectivity index (χ2v) is 6.86. The zero-order valence-corrected chi connectivity index (χ0v) is 14.3. The first-order chi connectivity index (χ1) is 11.0. The van der Waals surface area contributed by atoms with Crippen LogP contribution in [0.3, 0.4) is 0 Å². The Balaban J connectivity index is 1.64. The summed E-state index contributed by atoms with van der Waals surface area (Å²) >= 11 is 1.27. The summed E-state index contributed by atoms with van der Waals surface area (Å²) in [6.45, 7) is 6.60. The molecule has 7 nitrogen and oxygen atoms in total. The maximum atomic E-state index is 12.5. The van der Waals surface area contributed by atoms with Gasteiger partial charge in [0.1, 0.15) is 11.5 Å². The number of aromatic nitrogens is 3. The molecule has 8 heteroatoms. The van der Waals surface area contributed by atoms with E-state index in [1.165, 1.54) is 11.8 Å². The van der Waals surface area contributed by atoms with Crippen LogP contribution >= 0.6 is 11.8 Å². The van der Waals surface area contributed by atoms with E-state index < -0.39 is 0 Å². The van der Waals surface area contributed by atoms with Crippen molar-refractivity contribution in [1.29, 1.82) is 0 Å². The number of hydrogen-bond donors (Lipinski definition) is 0. The molecule has 0 aromatic carbocycles. The van der Waals surface area contributed by atoms with Gasteiger partial charge in [0, 0.05) is 25.5 Å². The molecule has 2 aromatic rings. The summed E-state index contributed by atoms with van der Waals surface area (Å²) in [5, 5.41) is 12.2. The fourth-order valence-corrected chi connectivity index (χ4v) is 3.34. The van der Waals surface area contributed by atoms with E-state index in [2.05, 4.69) is 29.2 Å². The molecule has 1 fully saturated rings. The van der Waals surface area contributed by atoms with Gasteiger partial charge in [0.25, 0.3) is 5.22 Å². The van der Waals surface area contributed by atoms with E-state index >= 15 is 0 Å². The molecule has 2 aromatic heterocycles. The smallest absolute Gasteiger partial charge is 0.277 e. The molecule has 0 saturated carbocycles. The molecular formula is C15H20N4O3S. The zero-order valence-electron chi connectivity index (χ0n) is 13.5. The first-order valence-corrected chi connectivity index (χ1v) is 8.72. The Labute approximate surface area is 138 Å². The van der Waals surface area contributed by atoms with Gasteiger partial charge in [-0.25, -0.2) is 0 Å². The first-order valence-electron chi connectivity index (χ1n) is 7.73. The minimum absolute atomic E-state index is 0.00349. The monoisotopic (exact) mass is 336 g/mol. The second kappa shape index (κ2) is 6.74. The van der Waals surface area contributed by atoms with Gasteiger partial charge in [0.2, 0.25) is 11.8 Å². The lowest BCUT2D eigenvalue weighted by Crippen LogP contribution is -2.32. The van der Waals surface area contributed by atoms with Crippen LogP contribution in [0.1, 0.15) is 56.0 Å². The van der Waals surface area contributed by atoms with Crippen LogP contribution in [0.5, 0.6) is 0 Å². The summed E-state index contributed by atoms with van der Waals surface area (Å²) in [6, 6.07) is 1.97. The highest BCUT2D eigenvalue weighted by Crippen LogP contribution is 2.33. The second-order valence-electron chi connectivity index (χ2n) is 5.93. The van der Waals surface area contributed by atoms with Crippen LogP contribution in [0.4, 0.5) is 0 Å². The van der Waals surface area contributed by atoms with Crippen LogP contribution < -0.4 is 0 Å². The molecule has 23 heavy (non-hydrogen) atoms. The van der Waals surface area contributed by atoms with Gasteiger partial charge in [-0.15, -0.1) is 10.2 Å². The molecule has 3 rings (SSSR count). The van der Waals surface area contributed by atoms with Crippen LogP contribution in [0.2, 0.25) is 0 Å². The van der Waals surface area contributed by atoms with Crippen molar-refractivity contribution in [3.63, 3.8) is 0 Å². The Morgan fingerprint density at radius 2 is 2.30 bits per heavy atom. The van der Waals surface area contributed by atoms with Crippen molar-refractivity contribution in [2.75, 3.05) is 12.3 Å². The van der Waals surface area contributed by atoms with Crippen LogP contribution in [0, 0.1) is 6.92 Å². The van der Waals surface area contributed by atoms with Crippen LogP contribution in [-0.4, -0.2) is 38.5 Å². The van der Waals surface area contributed by atoms with Crippen LogP contribution in [0.25, 0.3) is 0 Å². The number of carbonyl (C=O) groups is 1. The summed E-state index contributed by atoms with van der Waals surface area (Å²) in [5.41, 5.74) is 0.846. The molecular weight excluding hydrogens is 316 g/mol. The van der Waals surface area contributed by atoms with Crippen molar-refractivity contribution in [2.45, 2.75) is 50.8 Å². The average molecular weight is 336 g/mol. The fourth-order valence-electron chi connectivity index (χ4n) is 2.65. The van der Waals surface area contributed by atoms with E-state index in [-0.39, 0.29) is 23.6 Å². The van der Waals surface area contributed by atoms with E-state index in [0.29, 0.717) is 11.1 Å². The van der Waals surface area contributed by atoms with Gasteiger partial charge >= 0.3 is 0 Å². The SMILES string of the molecule is Cc1nnc(SCC(=O)N2CCC[C@@H]2c2cc(C(C)C)on2)o1. The Kier molecular flexibility index (Phi) is 4.70. The van der Waals surface area contributed by atoms with Crippen molar-refractivity contribution < 1.29 is 13.7 Å². The minimum atomic E-state index is 0.00349. The number of carbonyl (C=O) groups excluding carboxylic acids is 1. The van der Waals surface area contributed by atoms with E-state index in [1.807, 2.05) is 11.0 Å². The molecule has 1 aliphatic rings. The highest BCUT2D eigenvalue weighted by atomic mass is 32.2. The Morgan fingerprint density at radius 3 is 2.96 bits per heavy atom. The highest BCUT2D eigenvalue weighted by molar-refractivity contribution is 7.99. The van der Waals surface area contributed by atoms with Gasteiger partial charge in [0.05, 0.1) is 11.8 Å². The zero-order chi connectivity index (χ0) is 16.4.